The predicted octanol–water partition coefficient (Wildman–Crippen LogP) is 0.972. The molecule has 0 radical (unpaired) electrons. The quantitative estimate of drug-likeness (QED) is 0.709. The normalized spacial score (nSPS) is 22.7. The fraction of sp³-hybridized carbons (Fsp3) is 0.417. The molecule has 2 rings (SSSR count). The van der Waals surface area contributed by atoms with E-state index in [1.54, 1.807) is 0 Å². The van der Waals surface area contributed by atoms with Crippen LogP contribution in [0.15, 0.2) is 18.5 Å². The van der Waals surface area contributed by atoms with Gasteiger partial charge >= 0.3 is 0 Å². The van der Waals surface area contributed by atoms with E-state index in [0.29, 0.717) is 4.99 Å². The minimum absolute atomic E-state index is 0.0393. The molecule has 1 aliphatic rings. The average molecular weight is 265 g/mol. The highest BCUT2D eigenvalue weighted by molar-refractivity contribution is 7.80. The van der Waals surface area contributed by atoms with E-state index in [1.165, 1.54) is 18.5 Å². The number of hydrogen-bond donors (Lipinski definition) is 3. The van der Waals surface area contributed by atoms with Crippen LogP contribution in [0.2, 0.25) is 0 Å². The van der Waals surface area contributed by atoms with Crippen LogP contribution in [0.1, 0.15) is 29.6 Å². The molecule has 2 atom stereocenters. The first-order chi connectivity index (χ1) is 8.59. The number of thiocarbonyl (C=S) groups is 1. The van der Waals surface area contributed by atoms with Gasteiger partial charge in [-0.2, -0.15) is 0 Å². The van der Waals surface area contributed by atoms with Crippen LogP contribution < -0.4 is 11.1 Å². The standard InChI is InChI=1S/C12H15N3O2S/c13-11(18)7-2-1-3-9(7)15-12(17)8-4-5-14-6-10(8)16/h4-7,9,16H,1-3H2,(H2,13,18)(H,15,17). The van der Waals surface area contributed by atoms with Gasteiger partial charge in [0.1, 0.15) is 5.75 Å². The molecule has 6 heteroatoms. The third-order valence-corrected chi connectivity index (χ3v) is 3.55. The first-order valence-electron chi connectivity index (χ1n) is 5.82. The second kappa shape index (κ2) is 5.30. The molecule has 1 amide bonds. The van der Waals surface area contributed by atoms with Crippen molar-refractivity contribution in [3.63, 3.8) is 0 Å². The Bertz CT molecular complexity index is 478. The van der Waals surface area contributed by atoms with Crippen LogP contribution >= 0.6 is 12.2 Å². The highest BCUT2D eigenvalue weighted by Gasteiger charge is 2.31. The summed E-state index contributed by atoms with van der Waals surface area (Å²) in [6.45, 7) is 0. The van der Waals surface area contributed by atoms with Crippen molar-refractivity contribution < 1.29 is 9.90 Å². The lowest BCUT2D eigenvalue weighted by Gasteiger charge is -2.20. The van der Waals surface area contributed by atoms with E-state index in [2.05, 4.69) is 10.3 Å². The number of aromatic nitrogens is 1. The zero-order valence-electron chi connectivity index (χ0n) is 9.80. The number of nitrogens with one attached hydrogen (secondary N) is 1. The SMILES string of the molecule is NC(=S)C1CCCC1NC(=O)c1ccncc1O. The summed E-state index contributed by atoms with van der Waals surface area (Å²) in [5.41, 5.74) is 5.87. The lowest BCUT2D eigenvalue weighted by molar-refractivity contribution is 0.0931. The van der Waals surface area contributed by atoms with Crippen LogP contribution in [-0.4, -0.2) is 27.0 Å². The van der Waals surface area contributed by atoms with Crippen molar-refractivity contribution in [2.75, 3.05) is 0 Å². The summed E-state index contributed by atoms with van der Waals surface area (Å²) >= 11 is 4.99. The first-order valence-corrected chi connectivity index (χ1v) is 6.23. The molecule has 5 nitrogen and oxygen atoms in total. The van der Waals surface area contributed by atoms with Crippen molar-refractivity contribution in [2.45, 2.75) is 25.3 Å². The highest BCUT2D eigenvalue weighted by atomic mass is 32.1. The molecule has 0 aliphatic heterocycles. The zero-order valence-corrected chi connectivity index (χ0v) is 10.6. The molecule has 1 fully saturated rings. The smallest absolute Gasteiger partial charge is 0.255 e. The van der Waals surface area contributed by atoms with Gasteiger partial charge in [0, 0.05) is 18.2 Å². The van der Waals surface area contributed by atoms with Crippen molar-refractivity contribution in [2.24, 2.45) is 11.7 Å². The molecule has 0 spiro atoms. The molecular formula is C12H15N3O2S. The van der Waals surface area contributed by atoms with Gasteiger partial charge in [-0.1, -0.05) is 18.6 Å². The van der Waals surface area contributed by atoms with E-state index >= 15 is 0 Å². The van der Waals surface area contributed by atoms with E-state index in [9.17, 15) is 9.90 Å². The molecule has 2 unspecified atom stereocenters. The van der Waals surface area contributed by atoms with Crippen LogP contribution in [-0.2, 0) is 0 Å². The van der Waals surface area contributed by atoms with Gasteiger partial charge in [0.15, 0.2) is 0 Å². The predicted molar refractivity (Wildman–Crippen MR) is 71.3 cm³/mol. The van der Waals surface area contributed by atoms with E-state index in [4.69, 9.17) is 18.0 Å². The fourth-order valence-electron chi connectivity index (χ4n) is 2.30. The average Bonchev–Trinajstić information content (AvgIpc) is 2.77. The van der Waals surface area contributed by atoms with Crippen LogP contribution in [0.25, 0.3) is 0 Å². The first kappa shape index (κ1) is 12.8. The van der Waals surface area contributed by atoms with Gasteiger partial charge in [0.05, 0.1) is 16.7 Å². The van der Waals surface area contributed by atoms with Gasteiger partial charge in [0.2, 0.25) is 0 Å². The molecule has 0 aromatic carbocycles. The van der Waals surface area contributed by atoms with Crippen molar-refractivity contribution in [1.82, 2.24) is 10.3 Å². The van der Waals surface area contributed by atoms with Crippen LogP contribution in [0, 0.1) is 5.92 Å². The molecule has 1 aromatic heterocycles. The lowest BCUT2D eigenvalue weighted by atomic mass is 10.0. The molecule has 1 saturated carbocycles. The third kappa shape index (κ3) is 2.59. The molecule has 4 N–H and O–H groups in total. The Kier molecular flexibility index (Phi) is 3.76. The third-order valence-electron chi connectivity index (χ3n) is 3.24. The topological polar surface area (TPSA) is 88.2 Å². The summed E-state index contributed by atoms with van der Waals surface area (Å²) in [5.74, 6) is -0.393. The molecule has 96 valence electrons. The van der Waals surface area contributed by atoms with E-state index in [-0.39, 0.29) is 29.2 Å². The van der Waals surface area contributed by atoms with Crippen LogP contribution in [0.5, 0.6) is 5.75 Å². The van der Waals surface area contributed by atoms with E-state index in [1.807, 2.05) is 0 Å². The van der Waals surface area contributed by atoms with Crippen LogP contribution in [0.3, 0.4) is 0 Å². The molecule has 1 heterocycles. The Morgan fingerprint density at radius 1 is 1.56 bits per heavy atom. The number of nitrogens with two attached hydrogens (primary N) is 1. The number of hydrogen-bond acceptors (Lipinski definition) is 4. The number of rotatable bonds is 3. The van der Waals surface area contributed by atoms with E-state index < -0.39 is 0 Å². The van der Waals surface area contributed by atoms with Gasteiger partial charge in [-0.3, -0.25) is 9.78 Å². The second-order valence-corrected chi connectivity index (χ2v) is 4.88. The molecular weight excluding hydrogens is 250 g/mol. The molecule has 18 heavy (non-hydrogen) atoms. The summed E-state index contributed by atoms with van der Waals surface area (Å²) < 4.78 is 0. The van der Waals surface area contributed by atoms with Crippen molar-refractivity contribution >= 4 is 23.1 Å². The molecule has 0 bridgehead atoms. The minimum Gasteiger partial charge on any atom is -0.505 e. The monoisotopic (exact) mass is 265 g/mol. The number of carbonyl (C=O) groups is 1. The number of amides is 1. The summed E-state index contributed by atoms with van der Waals surface area (Å²) in [4.78, 5) is 16.2. The number of nitrogens with zero attached hydrogens (tertiary/aromatic N) is 1. The number of carbonyl (C=O) groups excluding carboxylic acids is 1. The lowest BCUT2D eigenvalue weighted by Crippen LogP contribution is -2.41. The zero-order chi connectivity index (χ0) is 13.1. The second-order valence-electron chi connectivity index (χ2n) is 4.41. The Hall–Kier alpha value is -1.69. The maximum Gasteiger partial charge on any atom is 0.255 e. The molecule has 1 aliphatic carbocycles. The maximum atomic E-state index is 12.0. The highest BCUT2D eigenvalue weighted by Crippen LogP contribution is 2.26. The van der Waals surface area contributed by atoms with Crippen LogP contribution in [0.4, 0.5) is 0 Å². The Labute approximate surface area is 110 Å². The minimum atomic E-state index is -0.317. The number of aromatic hydroxyl groups is 1. The Morgan fingerprint density at radius 3 is 3.00 bits per heavy atom. The number of pyridine rings is 1. The molecule has 0 saturated heterocycles. The molecule has 1 aromatic rings. The van der Waals surface area contributed by atoms with Crippen molar-refractivity contribution in [1.29, 1.82) is 0 Å². The van der Waals surface area contributed by atoms with Gasteiger partial charge in [0.25, 0.3) is 5.91 Å². The maximum absolute atomic E-state index is 12.0. The van der Waals surface area contributed by atoms with Gasteiger partial charge in [-0.15, -0.1) is 0 Å². The Morgan fingerprint density at radius 2 is 2.33 bits per heavy atom. The van der Waals surface area contributed by atoms with Gasteiger partial charge in [-0.05, 0) is 18.9 Å². The summed E-state index contributed by atoms with van der Waals surface area (Å²) in [5, 5.41) is 12.4. The van der Waals surface area contributed by atoms with Crippen molar-refractivity contribution in [3.8, 4) is 5.75 Å². The fourth-order valence-corrected chi connectivity index (χ4v) is 2.58. The summed E-state index contributed by atoms with van der Waals surface area (Å²) in [6, 6.07) is 1.44. The van der Waals surface area contributed by atoms with Crippen molar-refractivity contribution in [3.05, 3.63) is 24.0 Å². The largest absolute Gasteiger partial charge is 0.505 e. The summed E-state index contributed by atoms with van der Waals surface area (Å²) in [7, 11) is 0. The van der Waals surface area contributed by atoms with E-state index in [0.717, 1.165) is 19.3 Å². The Balaban J connectivity index is 2.08. The van der Waals surface area contributed by atoms with Gasteiger partial charge in [-0.25, -0.2) is 0 Å². The summed E-state index contributed by atoms with van der Waals surface area (Å²) in [6.07, 6.45) is 5.47. The van der Waals surface area contributed by atoms with Gasteiger partial charge < -0.3 is 16.2 Å².